The molecule has 0 radical (unpaired) electrons. The molecule has 0 saturated carbocycles. The lowest BCUT2D eigenvalue weighted by Gasteiger charge is -2.41. The second kappa shape index (κ2) is 5.72. The largest absolute Gasteiger partial charge is 0.322 e. The quantitative estimate of drug-likeness (QED) is 0.770. The van der Waals surface area contributed by atoms with Gasteiger partial charge in [0, 0.05) is 29.7 Å². The molecule has 1 saturated heterocycles. The van der Waals surface area contributed by atoms with Gasteiger partial charge in [-0.1, -0.05) is 42.5 Å². The lowest BCUT2D eigenvalue weighted by molar-refractivity contribution is 0.126. The number of nitrogens with one attached hydrogen (secondary N) is 1. The highest BCUT2D eigenvalue weighted by atomic mass is 16.2. The number of carbonyl (C=O) groups excluding carboxylic acids is 1. The van der Waals surface area contributed by atoms with Crippen LogP contribution in [0.5, 0.6) is 0 Å². The molecule has 3 aromatic rings. The normalized spacial score (nSPS) is 16.9. The minimum absolute atomic E-state index is 0.0468. The van der Waals surface area contributed by atoms with Crippen LogP contribution in [0, 0.1) is 0 Å². The summed E-state index contributed by atoms with van der Waals surface area (Å²) in [5.41, 5.74) is 2.02. The second-order valence-electron chi connectivity index (χ2n) is 5.74. The molecule has 0 aliphatic carbocycles. The van der Waals surface area contributed by atoms with Crippen molar-refractivity contribution in [3.8, 4) is 0 Å². The molecule has 4 nitrogen and oxygen atoms in total. The number of aromatic nitrogens is 1. The summed E-state index contributed by atoms with van der Waals surface area (Å²) in [5, 5.41) is 5.07. The molecule has 1 aliphatic heterocycles. The third kappa shape index (κ3) is 2.52. The van der Waals surface area contributed by atoms with E-state index in [-0.39, 0.29) is 12.1 Å². The highest BCUT2D eigenvalue weighted by Gasteiger charge is 2.33. The Labute approximate surface area is 134 Å². The van der Waals surface area contributed by atoms with Crippen LogP contribution < -0.4 is 5.32 Å². The van der Waals surface area contributed by atoms with E-state index >= 15 is 0 Å². The Kier molecular flexibility index (Phi) is 3.42. The lowest BCUT2D eigenvalue weighted by atomic mass is 9.95. The molecule has 2 heterocycles. The molecule has 1 atom stereocenters. The number of fused-ring (bicyclic) bond motifs is 1. The van der Waals surface area contributed by atoms with Gasteiger partial charge in [0.25, 0.3) is 0 Å². The molecule has 0 bridgehead atoms. The van der Waals surface area contributed by atoms with Gasteiger partial charge >= 0.3 is 6.03 Å². The molecule has 1 aromatic heterocycles. The first kappa shape index (κ1) is 13.8. The van der Waals surface area contributed by atoms with E-state index < -0.39 is 0 Å². The van der Waals surface area contributed by atoms with Crippen molar-refractivity contribution in [3.63, 3.8) is 0 Å². The van der Waals surface area contributed by atoms with E-state index in [4.69, 9.17) is 0 Å². The zero-order valence-corrected chi connectivity index (χ0v) is 12.6. The summed E-state index contributed by atoms with van der Waals surface area (Å²) >= 11 is 0. The fourth-order valence-corrected chi connectivity index (χ4v) is 3.07. The first-order valence-corrected chi connectivity index (χ1v) is 7.78. The minimum atomic E-state index is -0.0468. The Morgan fingerprint density at radius 2 is 1.96 bits per heavy atom. The monoisotopic (exact) mass is 303 g/mol. The average molecular weight is 303 g/mol. The van der Waals surface area contributed by atoms with Gasteiger partial charge in [-0.3, -0.25) is 4.98 Å². The molecule has 1 unspecified atom stereocenters. The Morgan fingerprint density at radius 1 is 1.09 bits per heavy atom. The molecule has 1 aliphatic rings. The van der Waals surface area contributed by atoms with Crippen molar-refractivity contribution >= 4 is 22.5 Å². The number of urea groups is 1. The van der Waals surface area contributed by atoms with E-state index in [9.17, 15) is 4.79 Å². The average Bonchev–Trinajstić information content (AvgIpc) is 2.55. The molecular weight excluding hydrogens is 286 g/mol. The highest BCUT2D eigenvalue weighted by molar-refractivity contribution is 6.01. The number of anilines is 1. The van der Waals surface area contributed by atoms with Crippen molar-refractivity contribution < 1.29 is 4.79 Å². The first-order valence-electron chi connectivity index (χ1n) is 7.78. The number of nitrogens with zero attached hydrogens (tertiary/aromatic N) is 2. The van der Waals surface area contributed by atoms with Crippen LogP contribution in [-0.2, 0) is 0 Å². The Balaban J connectivity index is 1.56. The van der Waals surface area contributed by atoms with Crippen molar-refractivity contribution in [3.05, 3.63) is 72.6 Å². The molecule has 1 N–H and O–H groups in total. The van der Waals surface area contributed by atoms with Gasteiger partial charge in [-0.15, -0.1) is 0 Å². The summed E-state index contributed by atoms with van der Waals surface area (Å²) in [4.78, 5) is 18.6. The van der Waals surface area contributed by atoms with E-state index in [1.165, 1.54) is 5.56 Å². The summed E-state index contributed by atoms with van der Waals surface area (Å²) in [5.74, 6) is 0. The van der Waals surface area contributed by atoms with Crippen LogP contribution in [0.15, 0.2) is 67.0 Å². The smallest absolute Gasteiger partial charge is 0.317 e. The maximum atomic E-state index is 12.6. The summed E-state index contributed by atoms with van der Waals surface area (Å²) in [6, 6.07) is 18.1. The predicted molar refractivity (Wildman–Crippen MR) is 91.3 cm³/mol. The van der Waals surface area contributed by atoms with Crippen LogP contribution in [-0.4, -0.2) is 22.5 Å². The molecule has 0 spiro atoms. The topological polar surface area (TPSA) is 45.2 Å². The van der Waals surface area contributed by atoms with Gasteiger partial charge in [-0.2, -0.15) is 0 Å². The zero-order valence-electron chi connectivity index (χ0n) is 12.6. The third-order valence-corrected chi connectivity index (χ3v) is 4.39. The number of hydrogen-bond donors (Lipinski definition) is 1. The molecule has 4 rings (SSSR count). The van der Waals surface area contributed by atoms with Crippen LogP contribution in [0.4, 0.5) is 10.5 Å². The number of hydrogen-bond acceptors (Lipinski definition) is 2. The van der Waals surface area contributed by atoms with Crippen LogP contribution >= 0.6 is 0 Å². The van der Waals surface area contributed by atoms with Crippen molar-refractivity contribution in [2.24, 2.45) is 0 Å². The Hall–Kier alpha value is -2.88. The minimum Gasteiger partial charge on any atom is -0.317 e. The zero-order chi connectivity index (χ0) is 15.6. The maximum Gasteiger partial charge on any atom is 0.322 e. The number of amides is 2. The van der Waals surface area contributed by atoms with Crippen LogP contribution in [0.1, 0.15) is 18.0 Å². The summed E-state index contributed by atoms with van der Waals surface area (Å²) in [6.07, 6.45) is 4.56. The SMILES string of the molecule is O=C(Nc1cccc2cnccc12)N1CCC1c1ccccc1. The van der Waals surface area contributed by atoms with E-state index in [1.54, 1.807) is 12.4 Å². The molecule has 1 fully saturated rings. The van der Waals surface area contributed by atoms with Crippen LogP contribution in [0.25, 0.3) is 10.8 Å². The van der Waals surface area contributed by atoms with Gasteiger partial charge < -0.3 is 10.2 Å². The summed E-state index contributed by atoms with van der Waals surface area (Å²) < 4.78 is 0. The van der Waals surface area contributed by atoms with E-state index in [2.05, 4.69) is 22.4 Å². The van der Waals surface area contributed by atoms with E-state index in [1.807, 2.05) is 47.4 Å². The summed E-state index contributed by atoms with van der Waals surface area (Å²) in [7, 11) is 0. The van der Waals surface area contributed by atoms with Gasteiger partial charge in [0.05, 0.1) is 11.7 Å². The van der Waals surface area contributed by atoms with Gasteiger partial charge in [0.2, 0.25) is 0 Å². The van der Waals surface area contributed by atoms with E-state index in [0.29, 0.717) is 0 Å². The van der Waals surface area contributed by atoms with Gasteiger partial charge in [0.15, 0.2) is 0 Å². The van der Waals surface area contributed by atoms with Crippen LogP contribution in [0.3, 0.4) is 0 Å². The van der Waals surface area contributed by atoms with Gasteiger partial charge in [-0.25, -0.2) is 4.79 Å². The molecule has 4 heteroatoms. The maximum absolute atomic E-state index is 12.6. The Bertz CT molecular complexity index is 842. The van der Waals surface area contributed by atoms with Crippen LogP contribution in [0.2, 0.25) is 0 Å². The Morgan fingerprint density at radius 3 is 2.74 bits per heavy atom. The molecule has 2 amide bonds. The van der Waals surface area contributed by atoms with Gasteiger partial charge in [-0.05, 0) is 24.1 Å². The predicted octanol–water partition coefficient (Wildman–Crippen LogP) is 4.21. The fourth-order valence-electron chi connectivity index (χ4n) is 3.07. The van der Waals surface area contributed by atoms with E-state index in [0.717, 1.165) is 29.4 Å². The van der Waals surface area contributed by atoms with Crippen molar-refractivity contribution in [2.75, 3.05) is 11.9 Å². The lowest BCUT2D eigenvalue weighted by Crippen LogP contribution is -2.47. The highest BCUT2D eigenvalue weighted by Crippen LogP contribution is 2.34. The van der Waals surface area contributed by atoms with Crippen molar-refractivity contribution in [2.45, 2.75) is 12.5 Å². The molecule has 23 heavy (non-hydrogen) atoms. The number of carbonyl (C=O) groups is 1. The number of likely N-dealkylation sites (tertiary alicyclic amines) is 1. The molecular formula is C19H17N3O. The van der Waals surface area contributed by atoms with Crippen molar-refractivity contribution in [1.29, 1.82) is 0 Å². The number of rotatable bonds is 2. The number of benzene rings is 2. The first-order chi connectivity index (χ1) is 11.3. The second-order valence-corrected chi connectivity index (χ2v) is 5.74. The molecule has 114 valence electrons. The van der Waals surface area contributed by atoms with Gasteiger partial charge in [0.1, 0.15) is 0 Å². The number of pyridine rings is 1. The summed E-state index contributed by atoms with van der Waals surface area (Å²) in [6.45, 7) is 0.789. The molecule has 2 aromatic carbocycles. The standard InChI is InChI=1S/C19H17N3O/c23-19(22-12-10-18(22)14-5-2-1-3-6-14)21-17-8-4-7-15-13-20-11-9-16(15)17/h1-9,11,13,18H,10,12H2,(H,21,23). The fraction of sp³-hybridized carbons (Fsp3) is 0.158. The van der Waals surface area contributed by atoms with Crippen molar-refractivity contribution in [1.82, 2.24) is 9.88 Å². The third-order valence-electron chi connectivity index (χ3n) is 4.39.